The third-order valence-electron chi connectivity index (χ3n) is 10.3. The van der Waals surface area contributed by atoms with Gasteiger partial charge in [-0.15, -0.1) is 32.9 Å². The fourth-order valence-corrected chi connectivity index (χ4v) is 9.87. The molecule has 3 aromatic carbocycles. The summed E-state index contributed by atoms with van der Waals surface area (Å²) in [5.74, 6) is 9.20. The maximum Gasteiger partial charge on any atom is 0.283 e. The lowest BCUT2D eigenvalue weighted by Crippen LogP contribution is -2.30. The number of methoxy groups -OCH3 is 6. The molecule has 2 amide bonds. The number of ether oxygens (including phenoxy) is 6. The summed E-state index contributed by atoms with van der Waals surface area (Å²) in [7, 11) is 9.55. The Balaban J connectivity index is 0.000000157. The monoisotopic (exact) mass is 1130 g/mol. The van der Waals surface area contributed by atoms with Crippen molar-refractivity contribution < 1.29 is 42.4 Å². The zero-order valence-electron chi connectivity index (χ0n) is 41.8. The normalized spacial score (nSPS) is 10.3. The van der Waals surface area contributed by atoms with Crippen molar-refractivity contribution in [3.05, 3.63) is 137 Å². The average molecular weight is 1130 g/mol. The number of isothiocyanates is 1. The summed E-state index contributed by atoms with van der Waals surface area (Å²) in [5.41, 5.74) is 5.67. The third kappa shape index (κ3) is 15.1. The van der Waals surface area contributed by atoms with Crippen LogP contribution < -0.4 is 45.0 Å². The molecule has 0 fully saturated rings. The Bertz CT molecular complexity index is 3640. The number of aliphatic imine (C=N–C) groups is 1. The number of nitrogens with zero attached hydrogens (tertiary/aromatic N) is 9. The number of nitrogens with two attached hydrogens (primary N) is 1. The number of para-hydroxylation sites is 3. The molecule has 10 aromatic rings. The summed E-state index contributed by atoms with van der Waals surface area (Å²) in [5, 5.41) is 15.6. The number of aromatic nitrogens is 8. The molecule has 0 aliphatic rings. The molecule has 0 aliphatic heterocycles. The van der Waals surface area contributed by atoms with Crippen LogP contribution in [0.3, 0.4) is 0 Å². The van der Waals surface area contributed by atoms with E-state index in [9.17, 15) is 9.59 Å². The smallest absolute Gasteiger partial charge is 0.283 e. The van der Waals surface area contributed by atoms with E-state index in [1.165, 1.54) is 36.9 Å². The summed E-state index contributed by atoms with van der Waals surface area (Å²) in [4.78, 5) is 53.1. The first-order valence-electron chi connectivity index (χ1n) is 22.5. The number of hydrazine groups is 1. The molecule has 0 radical (unpaired) electrons. The fraction of sp³-hybridized carbons (Fsp3) is 0.176. The van der Waals surface area contributed by atoms with E-state index >= 15 is 0 Å². The van der Waals surface area contributed by atoms with Gasteiger partial charge >= 0.3 is 0 Å². The number of rotatable bonds is 16. The second-order valence-corrected chi connectivity index (χ2v) is 19.1. The quantitative estimate of drug-likeness (QED) is 0.0267. The average Bonchev–Trinajstić information content (AvgIpc) is 4.31. The predicted octanol–water partition coefficient (Wildman–Crippen LogP) is 9.13. The highest BCUT2D eigenvalue weighted by Crippen LogP contribution is 2.34. The minimum atomic E-state index is -0.419. The second-order valence-electron chi connectivity index (χ2n) is 15.1. The maximum atomic E-state index is 12.1. The molecule has 77 heavy (non-hydrogen) atoms. The zero-order chi connectivity index (χ0) is 54.7. The van der Waals surface area contributed by atoms with Crippen molar-refractivity contribution in [3.63, 3.8) is 0 Å². The van der Waals surface area contributed by atoms with Gasteiger partial charge in [-0.05, 0) is 85.0 Å². The van der Waals surface area contributed by atoms with Gasteiger partial charge in [0.2, 0.25) is 11.0 Å². The zero-order valence-corrected chi connectivity index (χ0v) is 45.9. The van der Waals surface area contributed by atoms with Gasteiger partial charge in [0.1, 0.15) is 73.1 Å². The van der Waals surface area contributed by atoms with Crippen molar-refractivity contribution in [2.24, 2.45) is 10.8 Å². The number of nitrogens with one attached hydrogen (secondary N) is 2. The number of pyridine rings is 3. The maximum absolute atomic E-state index is 12.1. The molecule has 0 aliphatic carbocycles. The number of carbonyl (C=O) groups excluding carboxylic acids is 2. The summed E-state index contributed by atoms with van der Waals surface area (Å²) < 4.78 is 39.7. The van der Waals surface area contributed by atoms with Crippen LogP contribution in [0.1, 0.15) is 36.9 Å². The van der Waals surface area contributed by atoms with Gasteiger partial charge in [0.05, 0.1) is 91.9 Å². The van der Waals surface area contributed by atoms with Crippen LogP contribution in [-0.2, 0) is 12.8 Å². The lowest BCUT2D eigenvalue weighted by molar-refractivity contribution is 0.0943. The molecule has 394 valence electrons. The van der Waals surface area contributed by atoms with Gasteiger partial charge in [0.15, 0.2) is 0 Å². The van der Waals surface area contributed by atoms with E-state index < -0.39 is 5.91 Å². The minimum absolute atomic E-state index is 0.262. The molecule has 0 atom stereocenters. The van der Waals surface area contributed by atoms with Crippen molar-refractivity contribution in [2.75, 3.05) is 49.2 Å². The van der Waals surface area contributed by atoms with Crippen molar-refractivity contribution in [3.8, 4) is 46.1 Å². The van der Waals surface area contributed by atoms with Crippen LogP contribution in [0, 0.1) is 0 Å². The predicted molar refractivity (Wildman–Crippen MR) is 302 cm³/mol. The lowest BCUT2D eigenvalue weighted by Gasteiger charge is -2.06. The molecular formula is C51H46N12O9S5. The first-order valence-corrected chi connectivity index (χ1v) is 25.8. The van der Waals surface area contributed by atoms with Crippen molar-refractivity contribution in [2.45, 2.75) is 12.8 Å². The van der Waals surface area contributed by atoms with Crippen LogP contribution in [0.25, 0.3) is 42.2 Å². The van der Waals surface area contributed by atoms with E-state index in [4.69, 9.17) is 50.9 Å². The van der Waals surface area contributed by atoms with Gasteiger partial charge in [-0.1, -0.05) is 41.8 Å². The number of benzene rings is 3. The fourth-order valence-electron chi connectivity index (χ4n) is 6.61. The molecule has 0 spiro atoms. The van der Waals surface area contributed by atoms with E-state index in [1.807, 2.05) is 60.0 Å². The van der Waals surface area contributed by atoms with Crippen molar-refractivity contribution >= 4 is 116 Å². The Hall–Kier alpha value is -8.49. The first kappa shape index (κ1) is 56.2. The van der Waals surface area contributed by atoms with Crippen molar-refractivity contribution in [1.82, 2.24) is 50.8 Å². The largest absolute Gasteiger partial charge is 0.495 e. The molecule has 0 saturated heterocycles. The van der Waals surface area contributed by atoms with Crippen LogP contribution in [0.4, 0.5) is 5.13 Å². The topological polar surface area (TPSA) is 268 Å². The molecule has 10 rings (SSSR count). The molecule has 0 bridgehead atoms. The number of fused-ring (bicyclic) bond motifs is 3. The van der Waals surface area contributed by atoms with Crippen LogP contribution >= 0.6 is 58.4 Å². The number of thiazole rings is 3. The van der Waals surface area contributed by atoms with E-state index in [-0.39, 0.29) is 18.1 Å². The van der Waals surface area contributed by atoms with Gasteiger partial charge in [-0.2, -0.15) is 4.99 Å². The Kier molecular flexibility index (Phi) is 20.4. The Morgan fingerprint density at radius 1 is 0.623 bits per heavy atom. The third-order valence-corrected chi connectivity index (χ3v) is 13.7. The van der Waals surface area contributed by atoms with E-state index in [2.05, 4.69) is 67.8 Å². The number of carbonyl (C=O) groups is 2. The Morgan fingerprint density at radius 3 is 1.62 bits per heavy atom. The van der Waals surface area contributed by atoms with Gasteiger partial charge in [0.25, 0.3) is 17.7 Å². The molecule has 26 heteroatoms. The summed E-state index contributed by atoms with van der Waals surface area (Å²) >= 11 is 14.5. The van der Waals surface area contributed by atoms with Crippen LogP contribution in [0.2, 0.25) is 0 Å². The lowest BCUT2D eigenvalue weighted by atomic mass is 10.3. The molecule has 7 aromatic heterocycles. The highest BCUT2D eigenvalue weighted by Gasteiger charge is 2.16. The Labute approximate surface area is 462 Å². The minimum Gasteiger partial charge on any atom is -0.495 e. The molecule has 0 saturated carbocycles. The number of nitrogen functional groups attached to an aromatic ring is 1. The van der Waals surface area contributed by atoms with Crippen LogP contribution in [-0.4, -0.2) is 111 Å². The van der Waals surface area contributed by atoms with Gasteiger partial charge in [-0.3, -0.25) is 15.0 Å². The number of hydrogen-bond acceptors (Lipinski definition) is 24. The standard InChI is InChI=1S/C18H17N3O3S2.C17H14N4O3S.C9H6N2OS2.C7H9N3O2/c1-23-11-6-7-13(19-9-11)18(22)20-10-12(25)8-16-21-17-14(24-2)4-3-5-15(17)26-16;1-22-10-6-7-11(18-9-10)17-21-20-14(24-17)8-15-19-16-12(23-2)4-3-5-13(16)25-15;1-12-6-3-2-4-7-8(6)11-9(14-7)10-5-13;1-12-5-2-3-6(9-4-5)7(11)10-8/h3-7,9H,8,10H2,1-2H3,(H,20,22);3-7,9H,8H2,1-2H3;2-4H,1H3;2-4H,8H2,1H3,(H,10,11). The first-order chi connectivity index (χ1) is 37.5. The highest BCUT2D eigenvalue weighted by atomic mass is 32.1. The number of amides is 2. The molecule has 0 unspecified atom stereocenters. The van der Waals surface area contributed by atoms with E-state index in [0.717, 1.165) is 57.9 Å². The Morgan fingerprint density at radius 2 is 1.13 bits per heavy atom. The molecule has 21 nitrogen and oxygen atoms in total. The van der Waals surface area contributed by atoms with Gasteiger partial charge < -0.3 is 38.2 Å². The van der Waals surface area contributed by atoms with Gasteiger partial charge in [-0.25, -0.2) is 35.7 Å². The van der Waals surface area contributed by atoms with E-state index in [1.54, 1.807) is 94.8 Å². The molecular weight excluding hydrogens is 1080 g/mol. The highest BCUT2D eigenvalue weighted by molar-refractivity contribution is 7.80. The summed E-state index contributed by atoms with van der Waals surface area (Å²) in [6.07, 6.45) is 5.55. The number of hydrogen-bond donors (Lipinski definition) is 3. The van der Waals surface area contributed by atoms with Gasteiger partial charge in [0, 0.05) is 17.8 Å². The second kappa shape index (κ2) is 27.9. The SMILES string of the molecule is COc1ccc(-c2nnc(Cc3nc4c(OC)cccc4s3)o2)nc1.COc1ccc(C(=O)NCC(=S)Cc2nc3c(OC)cccc3s2)nc1.COc1ccc(C(=O)NN)nc1.COc1cccc2sc(N=C=S)nc12. The molecule has 4 N–H and O–H groups in total. The molecule has 7 heterocycles. The van der Waals surface area contributed by atoms with E-state index in [0.29, 0.717) is 63.3 Å². The number of thiocarbonyl (C=S) groups is 2. The summed E-state index contributed by atoms with van der Waals surface area (Å²) in [6, 6.07) is 27.5. The van der Waals surface area contributed by atoms with Crippen LogP contribution in [0.5, 0.6) is 34.5 Å². The summed E-state index contributed by atoms with van der Waals surface area (Å²) in [6.45, 7) is 0.287. The van der Waals surface area contributed by atoms with Crippen molar-refractivity contribution in [1.29, 1.82) is 0 Å². The van der Waals surface area contributed by atoms with Crippen LogP contribution in [0.15, 0.2) is 119 Å².